The normalized spacial score (nSPS) is 24.7. The van der Waals surface area contributed by atoms with Gasteiger partial charge >= 0.3 is 0 Å². The number of rotatable bonds is 4. The summed E-state index contributed by atoms with van der Waals surface area (Å²) in [5.41, 5.74) is 0.999. The van der Waals surface area contributed by atoms with Crippen molar-refractivity contribution in [2.75, 3.05) is 32.9 Å². The SMILES string of the molecule is CC1COCCN1CC(C)(CO)c1ccccc1. The minimum absolute atomic E-state index is 0.168. The molecule has 0 bridgehead atoms. The van der Waals surface area contributed by atoms with Gasteiger partial charge in [-0.05, 0) is 12.5 Å². The summed E-state index contributed by atoms with van der Waals surface area (Å²) in [6.07, 6.45) is 0. The summed E-state index contributed by atoms with van der Waals surface area (Å²) < 4.78 is 5.46. The van der Waals surface area contributed by atoms with Crippen LogP contribution >= 0.6 is 0 Å². The average molecular weight is 249 g/mol. The van der Waals surface area contributed by atoms with E-state index in [4.69, 9.17) is 4.74 Å². The second-order valence-electron chi connectivity index (χ2n) is 5.48. The molecular weight excluding hydrogens is 226 g/mol. The highest BCUT2D eigenvalue weighted by molar-refractivity contribution is 5.25. The fourth-order valence-corrected chi connectivity index (χ4v) is 2.52. The third kappa shape index (κ3) is 2.91. The molecule has 0 spiro atoms. The summed E-state index contributed by atoms with van der Waals surface area (Å²) in [5, 5.41) is 9.80. The van der Waals surface area contributed by atoms with Gasteiger partial charge in [-0.2, -0.15) is 0 Å². The van der Waals surface area contributed by atoms with Crippen LogP contribution in [0.2, 0.25) is 0 Å². The van der Waals surface area contributed by atoms with Crippen molar-refractivity contribution in [2.24, 2.45) is 0 Å². The van der Waals surface area contributed by atoms with E-state index in [2.05, 4.69) is 30.9 Å². The Balaban J connectivity index is 2.12. The van der Waals surface area contributed by atoms with Crippen LogP contribution in [0.5, 0.6) is 0 Å². The number of hydrogen-bond acceptors (Lipinski definition) is 3. The van der Waals surface area contributed by atoms with Gasteiger partial charge in [0, 0.05) is 24.5 Å². The van der Waals surface area contributed by atoms with Crippen LogP contribution in [-0.2, 0) is 10.2 Å². The van der Waals surface area contributed by atoms with Crippen LogP contribution in [0.3, 0.4) is 0 Å². The van der Waals surface area contributed by atoms with Gasteiger partial charge < -0.3 is 9.84 Å². The number of aliphatic hydroxyl groups is 1. The molecular formula is C15H23NO2. The van der Waals surface area contributed by atoms with E-state index in [-0.39, 0.29) is 12.0 Å². The van der Waals surface area contributed by atoms with Crippen LogP contribution < -0.4 is 0 Å². The van der Waals surface area contributed by atoms with Crippen molar-refractivity contribution in [3.63, 3.8) is 0 Å². The van der Waals surface area contributed by atoms with Gasteiger partial charge in [-0.1, -0.05) is 37.3 Å². The highest BCUT2D eigenvalue weighted by atomic mass is 16.5. The first kappa shape index (κ1) is 13.5. The van der Waals surface area contributed by atoms with Crippen molar-refractivity contribution in [3.05, 3.63) is 35.9 Å². The lowest BCUT2D eigenvalue weighted by atomic mass is 9.82. The summed E-state index contributed by atoms with van der Waals surface area (Å²) in [4.78, 5) is 2.41. The number of aliphatic hydroxyl groups excluding tert-OH is 1. The molecule has 0 saturated carbocycles. The quantitative estimate of drug-likeness (QED) is 0.881. The summed E-state index contributed by atoms with van der Waals surface area (Å²) in [7, 11) is 0. The molecule has 1 aliphatic rings. The molecule has 1 aromatic rings. The van der Waals surface area contributed by atoms with E-state index in [1.54, 1.807) is 0 Å². The first-order valence-electron chi connectivity index (χ1n) is 6.64. The smallest absolute Gasteiger partial charge is 0.0619 e. The summed E-state index contributed by atoms with van der Waals surface area (Å²) in [5.74, 6) is 0. The lowest BCUT2D eigenvalue weighted by Gasteiger charge is -2.40. The zero-order chi connectivity index (χ0) is 13.0. The molecule has 3 heteroatoms. The van der Waals surface area contributed by atoms with Crippen LogP contribution in [0.1, 0.15) is 19.4 Å². The molecule has 3 nitrogen and oxygen atoms in total. The van der Waals surface area contributed by atoms with Gasteiger partial charge in [0.05, 0.1) is 19.8 Å². The summed E-state index contributed by atoms with van der Waals surface area (Å²) in [6, 6.07) is 10.7. The molecule has 1 aromatic carbocycles. The Morgan fingerprint density at radius 3 is 2.72 bits per heavy atom. The maximum atomic E-state index is 9.80. The topological polar surface area (TPSA) is 32.7 Å². The van der Waals surface area contributed by atoms with Gasteiger partial charge in [-0.25, -0.2) is 0 Å². The first-order valence-corrected chi connectivity index (χ1v) is 6.64. The molecule has 1 aliphatic heterocycles. The Morgan fingerprint density at radius 1 is 1.39 bits per heavy atom. The minimum atomic E-state index is -0.202. The number of hydrogen-bond donors (Lipinski definition) is 1. The van der Waals surface area contributed by atoms with E-state index in [9.17, 15) is 5.11 Å². The number of ether oxygens (including phenoxy) is 1. The van der Waals surface area contributed by atoms with E-state index < -0.39 is 0 Å². The Hall–Kier alpha value is -0.900. The second-order valence-corrected chi connectivity index (χ2v) is 5.48. The van der Waals surface area contributed by atoms with Crippen molar-refractivity contribution < 1.29 is 9.84 Å². The Bertz CT molecular complexity index is 368. The average Bonchev–Trinajstić information content (AvgIpc) is 2.42. The van der Waals surface area contributed by atoms with Gasteiger partial charge in [0.15, 0.2) is 0 Å². The maximum Gasteiger partial charge on any atom is 0.0619 e. The van der Waals surface area contributed by atoms with Crippen molar-refractivity contribution >= 4 is 0 Å². The molecule has 18 heavy (non-hydrogen) atoms. The Morgan fingerprint density at radius 2 is 2.11 bits per heavy atom. The lowest BCUT2D eigenvalue weighted by Crippen LogP contribution is -2.50. The fourth-order valence-electron chi connectivity index (χ4n) is 2.52. The Kier molecular flexibility index (Phi) is 4.38. The van der Waals surface area contributed by atoms with Crippen LogP contribution in [-0.4, -0.2) is 49.0 Å². The molecule has 1 fully saturated rings. The molecule has 1 N–H and O–H groups in total. The molecule has 0 aliphatic carbocycles. The zero-order valence-corrected chi connectivity index (χ0v) is 11.3. The number of nitrogens with zero attached hydrogens (tertiary/aromatic N) is 1. The first-order chi connectivity index (χ1) is 8.65. The number of morpholine rings is 1. The Labute approximate surface area is 109 Å². The molecule has 2 rings (SSSR count). The molecule has 0 amide bonds. The van der Waals surface area contributed by atoms with Crippen molar-refractivity contribution in [1.82, 2.24) is 4.90 Å². The summed E-state index contributed by atoms with van der Waals surface area (Å²) in [6.45, 7) is 7.88. The van der Waals surface area contributed by atoms with Crippen LogP contribution in [0.25, 0.3) is 0 Å². The highest BCUT2D eigenvalue weighted by Gasteiger charge is 2.31. The van der Waals surface area contributed by atoms with E-state index in [0.29, 0.717) is 6.04 Å². The fraction of sp³-hybridized carbons (Fsp3) is 0.600. The third-order valence-electron chi connectivity index (χ3n) is 3.88. The van der Waals surface area contributed by atoms with Gasteiger partial charge in [0.1, 0.15) is 0 Å². The van der Waals surface area contributed by atoms with Crippen LogP contribution in [0, 0.1) is 0 Å². The van der Waals surface area contributed by atoms with E-state index >= 15 is 0 Å². The molecule has 1 heterocycles. The van der Waals surface area contributed by atoms with Gasteiger partial charge in [-0.3, -0.25) is 4.90 Å². The van der Waals surface area contributed by atoms with E-state index in [1.807, 2.05) is 18.2 Å². The zero-order valence-electron chi connectivity index (χ0n) is 11.3. The molecule has 1 saturated heterocycles. The van der Waals surface area contributed by atoms with E-state index in [0.717, 1.165) is 26.3 Å². The van der Waals surface area contributed by atoms with Crippen LogP contribution in [0.4, 0.5) is 0 Å². The van der Waals surface area contributed by atoms with Crippen molar-refractivity contribution in [2.45, 2.75) is 25.3 Å². The molecule has 0 radical (unpaired) electrons. The predicted molar refractivity (Wildman–Crippen MR) is 72.7 cm³/mol. The predicted octanol–water partition coefficient (Wildman–Crippen LogP) is 1.66. The highest BCUT2D eigenvalue weighted by Crippen LogP contribution is 2.25. The maximum absolute atomic E-state index is 9.80. The third-order valence-corrected chi connectivity index (χ3v) is 3.88. The minimum Gasteiger partial charge on any atom is -0.395 e. The lowest BCUT2D eigenvalue weighted by molar-refractivity contribution is -0.0145. The molecule has 0 aromatic heterocycles. The molecule has 2 unspecified atom stereocenters. The number of benzene rings is 1. The largest absolute Gasteiger partial charge is 0.395 e. The van der Waals surface area contributed by atoms with Crippen LogP contribution in [0.15, 0.2) is 30.3 Å². The van der Waals surface area contributed by atoms with Gasteiger partial charge in [0.2, 0.25) is 0 Å². The van der Waals surface area contributed by atoms with Gasteiger partial charge in [-0.15, -0.1) is 0 Å². The molecule has 2 atom stereocenters. The monoisotopic (exact) mass is 249 g/mol. The van der Waals surface area contributed by atoms with Crippen molar-refractivity contribution in [1.29, 1.82) is 0 Å². The van der Waals surface area contributed by atoms with E-state index in [1.165, 1.54) is 5.56 Å². The second kappa shape index (κ2) is 5.83. The standard InChI is InChI=1S/C15H23NO2/c1-13-10-18-9-8-16(13)11-15(2,12-17)14-6-4-3-5-7-14/h3-7,13,17H,8-12H2,1-2H3. The summed E-state index contributed by atoms with van der Waals surface area (Å²) >= 11 is 0. The van der Waals surface area contributed by atoms with Gasteiger partial charge in [0.25, 0.3) is 0 Å². The molecule has 100 valence electrons. The van der Waals surface area contributed by atoms with Crippen molar-refractivity contribution in [3.8, 4) is 0 Å².